The molecule has 5 heteroatoms. The molecule has 150 valence electrons. The molecule has 0 aromatic heterocycles. The van der Waals surface area contributed by atoms with Gasteiger partial charge in [0, 0.05) is 31.0 Å². The summed E-state index contributed by atoms with van der Waals surface area (Å²) in [5.74, 6) is 0.760. The average molecular weight is 419 g/mol. The second-order valence-corrected chi connectivity index (χ2v) is 12.6. The van der Waals surface area contributed by atoms with Gasteiger partial charge in [-0.25, -0.2) is 0 Å². The minimum Gasteiger partial charge on any atom is -0.387 e. The summed E-state index contributed by atoms with van der Waals surface area (Å²) < 4.78 is 0. The van der Waals surface area contributed by atoms with Crippen LogP contribution in [0.3, 0.4) is 0 Å². The number of aliphatic hydroxyl groups excluding tert-OH is 1. The van der Waals surface area contributed by atoms with Crippen molar-refractivity contribution in [2.75, 3.05) is 13.1 Å². The number of aryl methyl sites for hydroxylation is 1. The largest absolute Gasteiger partial charge is 0.387 e. The highest BCUT2D eigenvalue weighted by molar-refractivity contribution is 6.58. The molecule has 1 aromatic carbocycles. The van der Waals surface area contributed by atoms with E-state index in [9.17, 15) is 5.11 Å². The fraction of sp³-hybridized carbons (Fsp3) is 0.714. The Morgan fingerprint density at radius 2 is 1.58 bits per heavy atom. The zero-order chi connectivity index (χ0) is 19.5. The molecule has 0 amide bonds. The normalized spacial score (nSPS) is 15.8. The molecule has 0 aliphatic heterocycles. The summed E-state index contributed by atoms with van der Waals surface area (Å²) >= 11 is 12.3. The molecule has 0 bridgehead atoms. The predicted octanol–water partition coefficient (Wildman–Crippen LogP) is 6.39. The topological polar surface area (TPSA) is 32.3 Å². The molecule has 1 aromatic rings. The highest BCUT2D eigenvalue weighted by Crippen LogP contribution is 2.31. The summed E-state index contributed by atoms with van der Waals surface area (Å²) in [5.41, 5.74) is 1.64. The van der Waals surface area contributed by atoms with Crippen LogP contribution in [0, 0.1) is 12.8 Å². The number of hydrogen-bond acceptors (Lipinski definition) is 2. The van der Waals surface area contributed by atoms with E-state index in [0.717, 1.165) is 18.0 Å². The van der Waals surface area contributed by atoms with Crippen LogP contribution in [-0.4, -0.2) is 27.0 Å². The van der Waals surface area contributed by atoms with Crippen LogP contribution in [0.15, 0.2) is 12.1 Å². The van der Waals surface area contributed by atoms with Crippen molar-refractivity contribution in [1.82, 2.24) is 5.32 Å². The number of benzene rings is 1. The molecular formula is C21H37Cl2NOSi. The van der Waals surface area contributed by atoms with E-state index in [-0.39, 0.29) is 8.80 Å². The lowest BCUT2D eigenvalue weighted by atomic mass is 10.1. The monoisotopic (exact) mass is 417 g/mol. The van der Waals surface area contributed by atoms with Crippen LogP contribution < -0.4 is 5.32 Å². The van der Waals surface area contributed by atoms with Gasteiger partial charge in [-0.2, -0.15) is 0 Å². The molecule has 26 heavy (non-hydrogen) atoms. The second-order valence-electron chi connectivity index (χ2n) is 7.56. The molecule has 1 atom stereocenters. The average Bonchev–Trinajstić information content (AvgIpc) is 3.09. The van der Waals surface area contributed by atoms with Gasteiger partial charge in [0.2, 0.25) is 0 Å². The minimum atomic E-state index is -0.651. The third kappa shape index (κ3) is 8.31. The molecule has 1 aliphatic rings. The molecule has 2 N–H and O–H groups in total. The van der Waals surface area contributed by atoms with Crippen LogP contribution >= 0.6 is 23.2 Å². The Balaban J connectivity index is 0.000000412. The van der Waals surface area contributed by atoms with Crippen molar-refractivity contribution in [2.24, 2.45) is 5.92 Å². The smallest absolute Gasteiger partial charge is 0.0943 e. The van der Waals surface area contributed by atoms with Gasteiger partial charge in [0.25, 0.3) is 0 Å². The molecule has 1 fully saturated rings. The summed E-state index contributed by atoms with van der Waals surface area (Å²) in [6, 6.07) is 8.15. The van der Waals surface area contributed by atoms with Gasteiger partial charge in [0.1, 0.15) is 0 Å². The molecule has 1 aliphatic carbocycles. The van der Waals surface area contributed by atoms with Gasteiger partial charge in [0.05, 0.1) is 6.10 Å². The molecule has 0 spiro atoms. The van der Waals surface area contributed by atoms with Crippen molar-refractivity contribution in [3.63, 3.8) is 0 Å². The van der Waals surface area contributed by atoms with Crippen molar-refractivity contribution in [3.05, 3.63) is 33.3 Å². The van der Waals surface area contributed by atoms with E-state index in [0.29, 0.717) is 22.2 Å². The zero-order valence-corrected chi connectivity index (χ0v) is 19.6. The zero-order valence-electron chi connectivity index (χ0n) is 17.0. The summed E-state index contributed by atoms with van der Waals surface area (Å²) in [5, 5.41) is 14.6. The number of aliphatic hydroxyl groups is 1. The fourth-order valence-corrected chi connectivity index (χ4v) is 6.22. The quantitative estimate of drug-likeness (QED) is 0.480. The Bertz CT molecular complexity index is 488. The highest BCUT2D eigenvalue weighted by Gasteiger charge is 2.18. The first kappa shape index (κ1) is 24.0. The summed E-state index contributed by atoms with van der Waals surface area (Å²) in [6.07, 6.45) is 4.63. The van der Waals surface area contributed by atoms with Gasteiger partial charge in [0.15, 0.2) is 0 Å². The molecule has 1 unspecified atom stereocenters. The highest BCUT2D eigenvalue weighted by atomic mass is 35.5. The molecule has 2 rings (SSSR count). The Kier molecular flexibility index (Phi) is 12.1. The van der Waals surface area contributed by atoms with Crippen molar-refractivity contribution >= 4 is 32.0 Å². The molecule has 1 saturated carbocycles. The SMILES string of the molecule is CC[SiH](CC)CC.Cc1cc(Cl)c(C(O)CNCC2CCCC2)c(Cl)c1. The first-order chi connectivity index (χ1) is 12.4. The lowest BCUT2D eigenvalue weighted by molar-refractivity contribution is 0.173. The maximum atomic E-state index is 10.2. The van der Waals surface area contributed by atoms with Crippen molar-refractivity contribution in [3.8, 4) is 0 Å². The van der Waals surface area contributed by atoms with Gasteiger partial charge in [-0.05, 0) is 49.9 Å². The molecule has 0 saturated heterocycles. The molecule has 2 nitrogen and oxygen atoms in total. The van der Waals surface area contributed by atoms with Crippen molar-refractivity contribution in [2.45, 2.75) is 77.6 Å². The fourth-order valence-electron chi connectivity index (χ4n) is 3.64. The van der Waals surface area contributed by atoms with Crippen LogP contribution in [0.25, 0.3) is 0 Å². The van der Waals surface area contributed by atoms with E-state index in [4.69, 9.17) is 23.2 Å². The first-order valence-electron chi connectivity index (χ1n) is 10.3. The van der Waals surface area contributed by atoms with Gasteiger partial charge in [-0.1, -0.05) is 74.9 Å². The Hall–Kier alpha value is -0.0631. The third-order valence-electron chi connectivity index (χ3n) is 5.53. The van der Waals surface area contributed by atoms with E-state index in [1.165, 1.54) is 43.8 Å². The van der Waals surface area contributed by atoms with Crippen molar-refractivity contribution < 1.29 is 5.11 Å². The van der Waals surface area contributed by atoms with Gasteiger partial charge >= 0.3 is 0 Å². The number of nitrogens with one attached hydrogen (secondary N) is 1. The van der Waals surface area contributed by atoms with Gasteiger partial charge in [-0.3, -0.25) is 0 Å². The lowest BCUT2D eigenvalue weighted by Crippen LogP contribution is -2.26. The van der Waals surface area contributed by atoms with Gasteiger partial charge < -0.3 is 10.4 Å². The Labute approximate surface area is 172 Å². The van der Waals surface area contributed by atoms with E-state index in [1.54, 1.807) is 0 Å². The van der Waals surface area contributed by atoms with E-state index in [1.807, 2.05) is 19.1 Å². The number of rotatable bonds is 8. The minimum absolute atomic E-state index is 0.171. The predicted molar refractivity (Wildman–Crippen MR) is 120 cm³/mol. The van der Waals surface area contributed by atoms with E-state index >= 15 is 0 Å². The number of hydrogen-bond donors (Lipinski definition) is 2. The first-order valence-corrected chi connectivity index (χ1v) is 13.5. The summed E-state index contributed by atoms with van der Waals surface area (Å²) in [7, 11) is -0.171. The standard InChI is InChI=1S/C15H21Cl2NO.C6H16Si/c1-10-6-12(16)15(13(17)7-10)14(19)9-18-8-11-4-2-3-5-11;1-4-7(5-2)6-3/h6-7,11,14,18-19H,2-5,8-9H2,1H3;7H,4-6H2,1-3H3. The summed E-state index contributed by atoms with van der Waals surface area (Å²) in [6.45, 7) is 10.4. The van der Waals surface area contributed by atoms with Crippen LogP contribution in [-0.2, 0) is 0 Å². The van der Waals surface area contributed by atoms with E-state index in [2.05, 4.69) is 26.1 Å². The molecule has 0 radical (unpaired) electrons. The summed E-state index contributed by atoms with van der Waals surface area (Å²) in [4.78, 5) is 0. The number of halogens is 2. The Morgan fingerprint density at radius 3 is 2.00 bits per heavy atom. The third-order valence-corrected chi connectivity index (χ3v) is 9.62. The Morgan fingerprint density at radius 1 is 1.08 bits per heavy atom. The maximum Gasteiger partial charge on any atom is 0.0943 e. The van der Waals surface area contributed by atoms with Crippen LogP contribution in [0.4, 0.5) is 0 Å². The second kappa shape index (κ2) is 13.2. The molecule has 0 heterocycles. The lowest BCUT2D eigenvalue weighted by Gasteiger charge is -2.17. The van der Waals surface area contributed by atoms with Crippen molar-refractivity contribution in [1.29, 1.82) is 0 Å². The van der Waals surface area contributed by atoms with Crippen LogP contribution in [0.5, 0.6) is 0 Å². The maximum absolute atomic E-state index is 10.2. The van der Waals surface area contributed by atoms with Gasteiger partial charge in [-0.15, -0.1) is 0 Å². The van der Waals surface area contributed by atoms with Crippen LogP contribution in [0.1, 0.15) is 63.7 Å². The van der Waals surface area contributed by atoms with Crippen LogP contribution in [0.2, 0.25) is 28.2 Å². The van der Waals surface area contributed by atoms with E-state index < -0.39 is 6.10 Å². The molecular weight excluding hydrogens is 381 g/mol.